The van der Waals surface area contributed by atoms with Crippen LogP contribution in [0.2, 0.25) is 0 Å². The van der Waals surface area contributed by atoms with Crippen LogP contribution in [0.4, 0.5) is 0 Å². The molecular weight excluding hydrogens is 170 g/mol. The first kappa shape index (κ1) is 8.00. The molecular formula is C8H9N3O2. The first-order chi connectivity index (χ1) is 6.40. The molecule has 5 heteroatoms. The molecule has 0 aliphatic heterocycles. The minimum atomic E-state index is -0.0573. The van der Waals surface area contributed by atoms with Crippen molar-refractivity contribution in [2.24, 2.45) is 0 Å². The van der Waals surface area contributed by atoms with Gasteiger partial charge in [0.25, 0.3) is 0 Å². The third kappa shape index (κ3) is 1.59. The Kier molecular flexibility index (Phi) is 2.09. The Bertz CT molecular complexity index is 366. The molecule has 0 aromatic carbocycles. The normalized spacial score (nSPS) is 10.5. The number of nitrogens with zero attached hydrogens (tertiary/aromatic N) is 3. The molecule has 2 aromatic rings. The Balaban J connectivity index is 2.18. The van der Waals surface area contributed by atoms with E-state index in [-0.39, 0.29) is 6.61 Å². The van der Waals surface area contributed by atoms with Crippen molar-refractivity contribution in [3.63, 3.8) is 0 Å². The van der Waals surface area contributed by atoms with E-state index in [1.165, 1.54) is 0 Å². The van der Waals surface area contributed by atoms with E-state index >= 15 is 0 Å². The summed E-state index contributed by atoms with van der Waals surface area (Å²) in [5.74, 6) is 0.640. The van der Waals surface area contributed by atoms with E-state index in [1.807, 2.05) is 4.57 Å². The van der Waals surface area contributed by atoms with Gasteiger partial charge in [-0.2, -0.15) is 0 Å². The first-order valence-electron chi connectivity index (χ1n) is 3.89. The lowest BCUT2D eigenvalue weighted by atomic mass is 10.3. The number of aromatic nitrogens is 3. The average molecular weight is 179 g/mol. The molecule has 68 valence electrons. The fraction of sp³-hybridized carbons (Fsp3) is 0.250. The van der Waals surface area contributed by atoms with Gasteiger partial charge in [0.15, 0.2) is 0 Å². The molecule has 0 aliphatic rings. The van der Waals surface area contributed by atoms with Gasteiger partial charge in [0.05, 0.1) is 12.7 Å². The van der Waals surface area contributed by atoms with Crippen molar-refractivity contribution in [3.05, 3.63) is 36.2 Å². The van der Waals surface area contributed by atoms with Crippen LogP contribution in [0.5, 0.6) is 0 Å². The summed E-state index contributed by atoms with van der Waals surface area (Å²) < 4.78 is 6.53. The minimum Gasteiger partial charge on any atom is -0.388 e. The zero-order chi connectivity index (χ0) is 9.10. The Morgan fingerprint density at radius 3 is 3.15 bits per heavy atom. The number of hydrogen-bond acceptors (Lipinski definition) is 4. The quantitative estimate of drug-likeness (QED) is 0.741. The minimum absolute atomic E-state index is 0.0573. The van der Waals surface area contributed by atoms with Gasteiger partial charge in [-0.1, -0.05) is 5.16 Å². The second kappa shape index (κ2) is 3.40. The van der Waals surface area contributed by atoms with Crippen LogP contribution >= 0.6 is 0 Å². The van der Waals surface area contributed by atoms with Gasteiger partial charge in [-0.3, -0.25) is 0 Å². The van der Waals surface area contributed by atoms with Crippen molar-refractivity contribution in [2.75, 3.05) is 0 Å². The molecule has 2 heterocycles. The molecule has 2 rings (SSSR count). The van der Waals surface area contributed by atoms with E-state index in [1.54, 1.807) is 24.9 Å². The molecule has 0 aliphatic carbocycles. The van der Waals surface area contributed by atoms with Crippen LogP contribution < -0.4 is 0 Å². The van der Waals surface area contributed by atoms with E-state index in [9.17, 15) is 0 Å². The molecule has 5 nitrogen and oxygen atoms in total. The van der Waals surface area contributed by atoms with Crippen LogP contribution in [0.1, 0.15) is 11.4 Å². The summed E-state index contributed by atoms with van der Waals surface area (Å²) in [6.07, 6.45) is 6.67. The lowest BCUT2D eigenvalue weighted by Gasteiger charge is -2.02. The molecule has 0 bridgehead atoms. The topological polar surface area (TPSA) is 64.1 Å². The number of imidazole rings is 1. The molecule has 0 saturated heterocycles. The van der Waals surface area contributed by atoms with Crippen LogP contribution in [0.3, 0.4) is 0 Å². The van der Waals surface area contributed by atoms with E-state index in [2.05, 4.69) is 10.1 Å². The maximum atomic E-state index is 8.91. The fourth-order valence-corrected chi connectivity index (χ4v) is 1.14. The standard InChI is InChI=1S/C8H9N3O2/c12-5-8-9-1-2-11(8)4-7-3-10-13-6-7/h1-3,6,12H,4-5H2. The smallest absolute Gasteiger partial charge is 0.134 e. The Hall–Kier alpha value is -1.62. The van der Waals surface area contributed by atoms with Crippen molar-refractivity contribution in [1.82, 2.24) is 14.7 Å². The van der Waals surface area contributed by atoms with Crippen LogP contribution in [-0.2, 0) is 13.2 Å². The SMILES string of the molecule is OCc1nccn1Cc1cnoc1. The Morgan fingerprint density at radius 1 is 1.54 bits per heavy atom. The van der Waals surface area contributed by atoms with Gasteiger partial charge < -0.3 is 14.2 Å². The van der Waals surface area contributed by atoms with Crippen LogP contribution in [0.25, 0.3) is 0 Å². The van der Waals surface area contributed by atoms with Crippen molar-refractivity contribution in [1.29, 1.82) is 0 Å². The zero-order valence-electron chi connectivity index (χ0n) is 6.92. The van der Waals surface area contributed by atoms with E-state index in [4.69, 9.17) is 9.63 Å². The van der Waals surface area contributed by atoms with Crippen molar-refractivity contribution in [3.8, 4) is 0 Å². The highest BCUT2D eigenvalue weighted by molar-refractivity contribution is 5.04. The van der Waals surface area contributed by atoms with Crippen LogP contribution in [0.15, 0.2) is 29.4 Å². The van der Waals surface area contributed by atoms with Crippen molar-refractivity contribution >= 4 is 0 Å². The molecule has 1 N–H and O–H groups in total. The van der Waals surface area contributed by atoms with Gasteiger partial charge in [0, 0.05) is 18.0 Å². The Labute approximate surface area is 74.6 Å². The summed E-state index contributed by atoms with van der Waals surface area (Å²) in [7, 11) is 0. The second-order valence-corrected chi connectivity index (χ2v) is 2.66. The number of rotatable bonds is 3. The summed E-state index contributed by atoms with van der Waals surface area (Å²) >= 11 is 0. The lowest BCUT2D eigenvalue weighted by Crippen LogP contribution is -2.03. The highest BCUT2D eigenvalue weighted by Crippen LogP contribution is 2.04. The van der Waals surface area contributed by atoms with Gasteiger partial charge in [-0.05, 0) is 0 Å². The third-order valence-corrected chi connectivity index (χ3v) is 1.78. The monoisotopic (exact) mass is 179 g/mol. The molecule has 0 atom stereocenters. The molecule has 0 saturated carbocycles. The third-order valence-electron chi connectivity index (χ3n) is 1.78. The van der Waals surface area contributed by atoms with E-state index < -0.39 is 0 Å². The lowest BCUT2D eigenvalue weighted by molar-refractivity contribution is 0.266. The van der Waals surface area contributed by atoms with Gasteiger partial charge in [0.1, 0.15) is 18.7 Å². The summed E-state index contributed by atoms with van der Waals surface area (Å²) in [6.45, 7) is 0.567. The van der Waals surface area contributed by atoms with E-state index in [0.29, 0.717) is 12.4 Å². The van der Waals surface area contributed by atoms with Crippen LogP contribution in [-0.4, -0.2) is 19.8 Å². The summed E-state index contributed by atoms with van der Waals surface area (Å²) in [5, 5.41) is 12.5. The molecule has 0 spiro atoms. The maximum Gasteiger partial charge on any atom is 0.134 e. The van der Waals surface area contributed by atoms with Crippen LogP contribution in [0, 0.1) is 0 Å². The Morgan fingerprint density at radius 2 is 2.46 bits per heavy atom. The van der Waals surface area contributed by atoms with Crippen molar-refractivity contribution < 1.29 is 9.63 Å². The fourth-order valence-electron chi connectivity index (χ4n) is 1.14. The predicted octanol–water partition coefficient (Wildman–Crippen LogP) is 0.412. The molecule has 13 heavy (non-hydrogen) atoms. The first-order valence-corrected chi connectivity index (χ1v) is 3.89. The molecule has 0 amide bonds. The summed E-state index contributed by atoms with van der Waals surface area (Å²) in [5.41, 5.74) is 0.952. The zero-order valence-corrected chi connectivity index (χ0v) is 6.92. The van der Waals surface area contributed by atoms with Gasteiger partial charge in [-0.15, -0.1) is 0 Å². The highest BCUT2D eigenvalue weighted by atomic mass is 16.5. The van der Waals surface area contributed by atoms with Gasteiger partial charge in [-0.25, -0.2) is 4.98 Å². The molecule has 2 aromatic heterocycles. The van der Waals surface area contributed by atoms with Gasteiger partial charge in [0.2, 0.25) is 0 Å². The highest BCUT2D eigenvalue weighted by Gasteiger charge is 2.02. The molecule has 0 unspecified atom stereocenters. The molecule has 0 radical (unpaired) electrons. The largest absolute Gasteiger partial charge is 0.388 e. The molecule has 0 fully saturated rings. The average Bonchev–Trinajstić information content (AvgIpc) is 2.76. The van der Waals surface area contributed by atoms with E-state index in [0.717, 1.165) is 5.56 Å². The number of hydrogen-bond donors (Lipinski definition) is 1. The van der Waals surface area contributed by atoms with Crippen molar-refractivity contribution in [2.45, 2.75) is 13.2 Å². The maximum absolute atomic E-state index is 8.91. The number of aliphatic hydroxyl groups is 1. The van der Waals surface area contributed by atoms with Gasteiger partial charge >= 0.3 is 0 Å². The number of aliphatic hydroxyl groups excluding tert-OH is 1. The second-order valence-electron chi connectivity index (χ2n) is 2.66. The summed E-state index contributed by atoms with van der Waals surface area (Å²) in [4.78, 5) is 3.98. The predicted molar refractivity (Wildman–Crippen MR) is 43.8 cm³/mol. The summed E-state index contributed by atoms with van der Waals surface area (Å²) in [6, 6.07) is 0.